The van der Waals surface area contributed by atoms with E-state index in [0.29, 0.717) is 24.5 Å². The molecule has 1 N–H and O–H groups in total. The molecular weight excluding hydrogens is 494 g/mol. The number of aliphatic carboxylic acids is 1. The maximum Gasteiger partial charge on any atom is 0.373 e. The molecular formula is C29H48O5Zn. The summed E-state index contributed by atoms with van der Waals surface area (Å²) in [5.74, 6) is -0.574. The van der Waals surface area contributed by atoms with Crippen LogP contribution in [-0.4, -0.2) is 23.7 Å². The fourth-order valence-electron chi connectivity index (χ4n) is 4.43. The van der Waals surface area contributed by atoms with E-state index in [-0.39, 0.29) is 24.9 Å². The second-order valence-corrected chi connectivity index (χ2v) is 10.3. The molecule has 0 bridgehead atoms. The first-order valence-corrected chi connectivity index (χ1v) is 13.5. The fourth-order valence-corrected chi connectivity index (χ4v) is 4.43. The minimum absolute atomic E-state index is 0. The van der Waals surface area contributed by atoms with E-state index in [9.17, 15) is 9.59 Å². The van der Waals surface area contributed by atoms with E-state index < -0.39 is 11.9 Å². The molecule has 0 amide bonds. The van der Waals surface area contributed by atoms with E-state index in [4.69, 9.17) is 14.9 Å². The number of carbonyl (C=O) groups is 2. The Balaban J connectivity index is 0.0000116. The molecule has 1 aromatic rings. The van der Waals surface area contributed by atoms with Gasteiger partial charge in [-0.05, 0) is 42.7 Å². The molecule has 0 saturated carbocycles. The van der Waals surface area contributed by atoms with Crippen LogP contribution in [0, 0.1) is 11.3 Å². The van der Waals surface area contributed by atoms with Crippen molar-refractivity contribution >= 4 is 11.9 Å². The van der Waals surface area contributed by atoms with Crippen molar-refractivity contribution in [3.63, 3.8) is 0 Å². The van der Waals surface area contributed by atoms with Gasteiger partial charge in [-0.2, -0.15) is 4.89 Å². The predicted molar refractivity (Wildman–Crippen MR) is 138 cm³/mol. The molecule has 0 aromatic heterocycles. The Morgan fingerprint density at radius 2 is 1.34 bits per heavy atom. The fraction of sp³-hybridized carbons (Fsp3) is 0.724. The van der Waals surface area contributed by atoms with Crippen molar-refractivity contribution in [2.75, 3.05) is 6.61 Å². The molecule has 0 aliphatic rings. The van der Waals surface area contributed by atoms with Gasteiger partial charge < -0.3 is 5.11 Å². The molecule has 1 unspecified atom stereocenters. The topological polar surface area (TPSA) is 72.8 Å². The maximum absolute atomic E-state index is 12.1. The van der Waals surface area contributed by atoms with Crippen LogP contribution in [0.25, 0.3) is 0 Å². The van der Waals surface area contributed by atoms with Gasteiger partial charge in [-0.15, -0.1) is 0 Å². The van der Waals surface area contributed by atoms with E-state index in [1.807, 2.05) is 18.2 Å². The van der Waals surface area contributed by atoms with Gasteiger partial charge in [0.15, 0.2) is 0 Å². The molecule has 0 aliphatic carbocycles. The van der Waals surface area contributed by atoms with Crippen LogP contribution in [0.3, 0.4) is 0 Å². The first-order chi connectivity index (χ1) is 16.4. The molecule has 6 heteroatoms. The molecule has 0 heterocycles. The van der Waals surface area contributed by atoms with Gasteiger partial charge in [0.1, 0.15) is 0 Å². The molecule has 196 valence electrons. The summed E-state index contributed by atoms with van der Waals surface area (Å²) in [6.45, 7) is 7.08. The Kier molecular flexibility index (Phi) is 20.1. The predicted octanol–water partition coefficient (Wildman–Crippen LogP) is 8.37. The van der Waals surface area contributed by atoms with Crippen molar-refractivity contribution in [2.45, 2.75) is 117 Å². The Bertz CT molecular complexity index is 662. The SMILES string of the molecule is CCCCC(CCCCCCCCCCCCC(=O)O)C(C)(C)COOC(=O)c1ccccc1.[Zn]. The van der Waals surface area contributed by atoms with E-state index in [2.05, 4.69) is 20.8 Å². The van der Waals surface area contributed by atoms with Crippen LogP contribution in [0.1, 0.15) is 127 Å². The molecule has 0 saturated heterocycles. The van der Waals surface area contributed by atoms with Gasteiger partial charge in [-0.3, -0.25) is 9.68 Å². The normalized spacial score (nSPS) is 12.1. The summed E-state index contributed by atoms with van der Waals surface area (Å²) in [6, 6.07) is 8.94. The Morgan fingerprint density at radius 1 is 0.829 bits per heavy atom. The summed E-state index contributed by atoms with van der Waals surface area (Å²) >= 11 is 0. The zero-order chi connectivity index (χ0) is 25.1. The van der Waals surface area contributed by atoms with E-state index >= 15 is 0 Å². The summed E-state index contributed by atoms with van der Waals surface area (Å²) in [5, 5.41) is 8.65. The smallest absolute Gasteiger partial charge is 0.373 e. The first-order valence-electron chi connectivity index (χ1n) is 13.5. The molecule has 0 spiro atoms. The van der Waals surface area contributed by atoms with Crippen molar-refractivity contribution < 1.29 is 43.9 Å². The third-order valence-corrected chi connectivity index (χ3v) is 6.78. The molecule has 35 heavy (non-hydrogen) atoms. The van der Waals surface area contributed by atoms with E-state index in [1.54, 1.807) is 12.1 Å². The monoisotopic (exact) mass is 540 g/mol. The summed E-state index contributed by atoms with van der Waals surface area (Å²) in [4.78, 5) is 33.1. The van der Waals surface area contributed by atoms with Crippen LogP contribution in [-0.2, 0) is 34.0 Å². The summed E-state index contributed by atoms with van der Waals surface area (Å²) in [6.07, 6.45) is 16.9. The molecule has 1 atom stereocenters. The van der Waals surface area contributed by atoms with Crippen LogP contribution >= 0.6 is 0 Å². The van der Waals surface area contributed by atoms with Crippen molar-refractivity contribution in [3.8, 4) is 0 Å². The largest absolute Gasteiger partial charge is 0.481 e. The number of carboxylic acid groups (broad SMARTS) is 1. The Hall–Kier alpha value is -1.26. The van der Waals surface area contributed by atoms with Crippen molar-refractivity contribution in [2.24, 2.45) is 11.3 Å². The first kappa shape index (κ1) is 33.7. The van der Waals surface area contributed by atoms with Gasteiger partial charge in [0.05, 0.1) is 12.2 Å². The second-order valence-electron chi connectivity index (χ2n) is 10.3. The zero-order valence-electron chi connectivity index (χ0n) is 22.6. The molecule has 0 aliphatic heterocycles. The van der Waals surface area contributed by atoms with Gasteiger partial charge in [0, 0.05) is 25.9 Å². The number of carboxylic acids is 1. The van der Waals surface area contributed by atoms with Gasteiger partial charge in [-0.25, -0.2) is 4.79 Å². The average Bonchev–Trinajstić information content (AvgIpc) is 2.81. The minimum Gasteiger partial charge on any atom is -0.481 e. The van der Waals surface area contributed by atoms with Gasteiger partial charge in [-0.1, -0.05) is 110 Å². The summed E-state index contributed by atoms with van der Waals surface area (Å²) in [5.41, 5.74) is 0.452. The number of hydrogen-bond donors (Lipinski definition) is 1. The van der Waals surface area contributed by atoms with Crippen LogP contribution in [0.2, 0.25) is 0 Å². The average molecular weight is 542 g/mol. The third-order valence-electron chi connectivity index (χ3n) is 6.78. The van der Waals surface area contributed by atoms with Crippen LogP contribution in [0.5, 0.6) is 0 Å². The molecule has 1 rings (SSSR count). The number of rotatable bonds is 21. The zero-order valence-corrected chi connectivity index (χ0v) is 25.5. The number of carbonyl (C=O) groups excluding carboxylic acids is 1. The van der Waals surface area contributed by atoms with E-state index in [1.165, 1.54) is 70.6 Å². The van der Waals surface area contributed by atoms with Crippen LogP contribution < -0.4 is 0 Å². The second kappa shape index (κ2) is 20.9. The van der Waals surface area contributed by atoms with Crippen LogP contribution in [0.15, 0.2) is 30.3 Å². The standard InChI is InChI=1S/C29H48O5.Zn/c1-4-5-21-26(22-17-12-10-8-6-7-9-11-13-18-23-27(30)31)29(2,3)24-33-34-28(32)25-19-15-14-16-20-25;/h14-16,19-20,26H,4-13,17-18,21-24H2,1-3H3,(H,30,31);. The van der Waals surface area contributed by atoms with Crippen LogP contribution in [0.4, 0.5) is 0 Å². The summed E-state index contributed by atoms with van der Waals surface area (Å²) in [7, 11) is 0. The van der Waals surface area contributed by atoms with Crippen molar-refractivity contribution in [1.29, 1.82) is 0 Å². The van der Waals surface area contributed by atoms with Gasteiger partial charge in [0.2, 0.25) is 0 Å². The van der Waals surface area contributed by atoms with Crippen molar-refractivity contribution in [3.05, 3.63) is 35.9 Å². The Morgan fingerprint density at radius 3 is 1.89 bits per heavy atom. The number of benzene rings is 1. The minimum atomic E-state index is -0.681. The molecule has 1 aromatic carbocycles. The van der Waals surface area contributed by atoms with Crippen molar-refractivity contribution in [1.82, 2.24) is 0 Å². The Labute approximate surface area is 226 Å². The molecule has 0 radical (unpaired) electrons. The quantitative estimate of drug-likeness (QED) is 0.0732. The molecule has 5 nitrogen and oxygen atoms in total. The summed E-state index contributed by atoms with van der Waals surface area (Å²) < 4.78 is 0. The number of unbranched alkanes of at least 4 members (excludes halogenated alkanes) is 10. The molecule has 0 fully saturated rings. The van der Waals surface area contributed by atoms with E-state index in [0.717, 1.165) is 19.3 Å². The third kappa shape index (κ3) is 16.9. The van der Waals surface area contributed by atoms with Gasteiger partial charge >= 0.3 is 11.9 Å². The number of hydrogen-bond acceptors (Lipinski definition) is 4. The maximum atomic E-state index is 12.1. The van der Waals surface area contributed by atoms with Gasteiger partial charge in [0.25, 0.3) is 0 Å².